The Morgan fingerprint density at radius 1 is 0.967 bits per heavy atom. The fourth-order valence-electron chi connectivity index (χ4n) is 3.46. The quantitative estimate of drug-likeness (QED) is 0.598. The van der Waals surface area contributed by atoms with Gasteiger partial charge in [-0.1, -0.05) is 42.5 Å². The van der Waals surface area contributed by atoms with E-state index in [9.17, 15) is 9.18 Å². The summed E-state index contributed by atoms with van der Waals surface area (Å²) in [7, 11) is 0. The number of benzene rings is 2. The average molecular weight is 409 g/mol. The number of nitrogens with zero attached hydrogens (tertiary/aromatic N) is 3. The lowest BCUT2D eigenvalue weighted by atomic mass is 10.1. The first kappa shape index (κ1) is 20.3. The molecule has 0 N–H and O–H groups in total. The zero-order valence-electron chi connectivity index (χ0n) is 16.7. The molecule has 1 aromatic heterocycles. The van der Waals surface area contributed by atoms with Crippen LogP contribution >= 0.6 is 0 Å². The molecule has 0 bridgehead atoms. The lowest BCUT2D eigenvalue weighted by Crippen LogP contribution is -2.40. The Morgan fingerprint density at radius 2 is 1.63 bits per heavy atom. The fraction of sp³-hybridized carbons (Fsp3) is 0.304. The lowest BCUT2D eigenvalue weighted by Gasteiger charge is -2.25. The van der Waals surface area contributed by atoms with Crippen molar-refractivity contribution in [2.24, 2.45) is 0 Å². The largest absolute Gasteiger partial charge is 0.447 e. The Bertz CT molecular complexity index is 953. The molecule has 0 aliphatic carbocycles. The van der Waals surface area contributed by atoms with Crippen molar-refractivity contribution in [1.29, 1.82) is 0 Å². The first-order valence-corrected chi connectivity index (χ1v) is 9.99. The summed E-state index contributed by atoms with van der Waals surface area (Å²) in [5.41, 5.74) is 2.45. The minimum absolute atomic E-state index is 0.138. The van der Waals surface area contributed by atoms with Gasteiger partial charge in [0.1, 0.15) is 12.1 Å². The molecule has 6 nitrogen and oxygen atoms in total. The van der Waals surface area contributed by atoms with Crippen LogP contribution in [-0.2, 0) is 24.4 Å². The molecule has 156 valence electrons. The summed E-state index contributed by atoms with van der Waals surface area (Å²) in [6.07, 6.45) is 1.42. The zero-order valence-corrected chi connectivity index (χ0v) is 16.7. The van der Waals surface area contributed by atoms with E-state index in [1.165, 1.54) is 18.4 Å². The highest BCUT2D eigenvalue weighted by Crippen LogP contribution is 2.16. The molecule has 30 heavy (non-hydrogen) atoms. The van der Waals surface area contributed by atoms with Crippen molar-refractivity contribution in [2.45, 2.75) is 19.6 Å². The summed E-state index contributed by atoms with van der Waals surface area (Å²) >= 11 is 0. The van der Waals surface area contributed by atoms with E-state index < -0.39 is 0 Å². The van der Waals surface area contributed by atoms with E-state index in [1.807, 2.05) is 18.2 Å². The van der Waals surface area contributed by atoms with Gasteiger partial charge in [0.15, 0.2) is 5.69 Å². The number of hydrogen-bond acceptors (Lipinski definition) is 5. The average Bonchev–Trinajstić information content (AvgIpc) is 3.24. The number of aromatic nitrogens is 1. The molecule has 1 fully saturated rings. The molecule has 0 radical (unpaired) electrons. The van der Waals surface area contributed by atoms with Gasteiger partial charge in [-0.3, -0.25) is 9.69 Å². The van der Waals surface area contributed by atoms with Crippen molar-refractivity contribution in [3.8, 4) is 0 Å². The lowest BCUT2D eigenvalue weighted by molar-refractivity contribution is 0.0299. The fourth-order valence-corrected chi connectivity index (χ4v) is 3.46. The molecule has 7 heteroatoms. The third kappa shape index (κ3) is 5.31. The predicted molar refractivity (Wildman–Crippen MR) is 109 cm³/mol. The van der Waals surface area contributed by atoms with Crippen LogP contribution in [-0.4, -0.2) is 47.0 Å². The van der Waals surface area contributed by atoms with Crippen molar-refractivity contribution >= 4 is 5.91 Å². The highest BCUT2D eigenvalue weighted by molar-refractivity contribution is 5.92. The number of ether oxygens (including phenoxy) is 1. The molecule has 1 aliphatic heterocycles. The molecule has 2 aromatic carbocycles. The van der Waals surface area contributed by atoms with E-state index in [0.29, 0.717) is 57.5 Å². The Hall–Kier alpha value is -3.03. The van der Waals surface area contributed by atoms with Gasteiger partial charge in [0.05, 0.1) is 19.8 Å². The van der Waals surface area contributed by atoms with Gasteiger partial charge >= 0.3 is 0 Å². The Kier molecular flexibility index (Phi) is 6.51. The second-order valence-electron chi connectivity index (χ2n) is 7.29. The second-order valence-corrected chi connectivity index (χ2v) is 7.29. The highest BCUT2D eigenvalue weighted by Gasteiger charge is 2.22. The van der Waals surface area contributed by atoms with Crippen LogP contribution in [0.1, 0.15) is 27.5 Å². The summed E-state index contributed by atoms with van der Waals surface area (Å²) in [6, 6.07) is 16.5. The van der Waals surface area contributed by atoms with Crippen LogP contribution in [0.4, 0.5) is 4.39 Å². The second kappa shape index (κ2) is 9.65. The highest BCUT2D eigenvalue weighted by atomic mass is 19.1. The number of hydrogen-bond donors (Lipinski definition) is 0. The van der Waals surface area contributed by atoms with Crippen LogP contribution in [0.3, 0.4) is 0 Å². The van der Waals surface area contributed by atoms with Crippen molar-refractivity contribution < 1.29 is 18.3 Å². The monoisotopic (exact) mass is 409 g/mol. The summed E-state index contributed by atoms with van der Waals surface area (Å²) < 4.78 is 24.2. The standard InChI is InChI=1S/C23H24FN3O3/c24-20-8-6-19(7-9-20)15-26(14-18-4-2-1-3-5-18)16-22-25-21(17-30-22)23(28)27-10-12-29-13-11-27/h1-9,17H,10-16H2. The van der Waals surface area contributed by atoms with E-state index >= 15 is 0 Å². The molecule has 1 aliphatic rings. The SMILES string of the molecule is O=C(c1coc(CN(Cc2ccccc2)Cc2ccc(F)cc2)n1)N1CCOCC1. The Morgan fingerprint density at radius 3 is 2.33 bits per heavy atom. The number of rotatable bonds is 7. The van der Waals surface area contributed by atoms with Crippen molar-refractivity contribution in [1.82, 2.24) is 14.8 Å². The van der Waals surface area contributed by atoms with Gasteiger partial charge in [-0.05, 0) is 23.3 Å². The van der Waals surface area contributed by atoms with Crippen molar-refractivity contribution in [3.05, 3.63) is 89.4 Å². The van der Waals surface area contributed by atoms with E-state index in [2.05, 4.69) is 22.0 Å². The predicted octanol–water partition coefficient (Wildman–Crippen LogP) is 3.49. The van der Waals surface area contributed by atoms with Gasteiger partial charge in [0, 0.05) is 26.2 Å². The van der Waals surface area contributed by atoms with Gasteiger partial charge in [-0.2, -0.15) is 0 Å². The first-order valence-electron chi connectivity index (χ1n) is 9.99. The van der Waals surface area contributed by atoms with Gasteiger partial charge in [-0.15, -0.1) is 0 Å². The molecule has 0 atom stereocenters. The zero-order chi connectivity index (χ0) is 20.8. The summed E-state index contributed by atoms with van der Waals surface area (Å²) in [6.45, 7) is 3.91. The molecule has 3 aromatic rings. The molecule has 0 saturated carbocycles. The minimum atomic E-state index is -0.257. The normalized spacial score (nSPS) is 14.3. The first-order chi connectivity index (χ1) is 14.7. The molecular weight excluding hydrogens is 385 g/mol. The van der Waals surface area contributed by atoms with Gasteiger partial charge < -0.3 is 14.1 Å². The van der Waals surface area contributed by atoms with E-state index in [4.69, 9.17) is 9.15 Å². The molecule has 4 rings (SSSR count). The number of amides is 1. The number of oxazole rings is 1. The van der Waals surface area contributed by atoms with Crippen LogP contribution in [0.25, 0.3) is 0 Å². The van der Waals surface area contributed by atoms with Gasteiger partial charge in [0.25, 0.3) is 5.91 Å². The van der Waals surface area contributed by atoms with Crippen molar-refractivity contribution in [2.75, 3.05) is 26.3 Å². The third-order valence-electron chi connectivity index (χ3n) is 5.00. The van der Waals surface area contributed by atoms with Crippen LogP contribution in [0.2, 0.25) is 0 Å². The van der Waals surface area contributed by atoms with Crippen molar-refractivity contribution in [3.63, 3.8) is 0 Å². The molecule has 2 heterocycles. The minimum Gasteiger partial charge on any atom is -0.447 e. The van der Waals surface area contributed by atoms with E-state index in [1.54, 1.807) is 17.0 Å². The molecule has 1 amide bonds. The van der Waals surface area contributed by atoms with E-state index in [0.717, 1.165) is 11.1 Å². The number of halogens is 1. The Balaban J connectivity index is 1.47. The number of morpholine rings is 1. The van der Waals surface area contributed by atoms with Gasteiger partial charge in [0.2, 0.25) is 5.89 Å². The topological polar surface area (TPSA) is 58.8 Å². The van der Waals surface area contributed by atoms with E-state index in [-0.39, 0.29) is 11.7 Å². The number of carbonyl (C=O) groups is 1. The molecular formula is C23H24FN3O3. The Labute approximate surface area is 174 Å². The molecule has 1 saturated heterocycles. The third-order valence-corrected chi connectivity index (χ3v) is 5.00. The molecule has 0 unspecified atom stereocenters. The maximum Gasteiger partial charge on any atom is 0.275 e. The maximum absolute atomic E-state index is 13.3. The van der Waals surface area contributed by atoms with Crippen LogP contribution in [0.15, 0.2) is 65.3 Å². The molecule has 0 spiro atoms. The van der Waals surface area contributed by atoms with Gasteiger partial charge in [-0.25, -0.2) is 9.37 Å². The maximum atomic E-state index is 13.3. The number of carbonyl (C=O) groups excluding carboxylic acids is 1. The van der Waals surface area contributed by atoms with Crippen LogP contribution in [0, 0.1) is 5.82 Å². The summed E-state index contributed by atoms with van der Waals surface area (Å²) in [5, 5.41) is 0. The summed E-state index contributed by atoms with van der Waals surface area (Å²) in [4.78, 5) is 20.9. The van der Waals surface area contributed by atoms with Crippen LogP contribution < -0.4 is 0 Å². The smallest absolute Gasteiger partial charge is 0.275 e. The summed E-state index contributed by atoms with van der Waals surface area (Å²) in [5.74, 6) is 0.0819. The van der Waals surface area contributed by atoms with Crippen LogP contribution in [0.5, 0.6) is 0 Å².